The van der Waals surface area contributed by atoms with Gasteiger partial charge in [-0.15, -0.1) is 10.2 Å². The van der Waals surface area contributed by atoms with E-state index in [0.29, 0.717) is 0 Å². The summed E-state index contributed by atoms with van der Waals surface area (Å²) in [4.78, 5) is 2.14. The lowest BCUT2D eigenvalue weighted by Crippen LogP contribution is -2.25. The Balaban J connectivity index is 1.73. The van der Waals surface area contributed by atoms with Crippen LogP contribution in [0.2, 0.25) is 0 Å². The van der Waals surface area contributed by atoms with E-state index in [-0.39, 0.29) is 0 Å². The average Bonchev–Trinajstić information content (AvgIpc) is 2.93. The molecule has 126 valence electrons. The summed E-state index contributed by atoms with van der Waals surface area (Å²) in [6, 6.07) is 30.7. The fraction of sp³-hybridized carbons (Fsp3) is 0.0435. The Labute approximate surface area is 153 Å². The molecule has 1 aliphatic heterocycles. The number of rotatable bonds is 4. The van der Waals surface area contributed by atoms with Gasteiger partial charge in [0.05, 0.1) is 5.71 Å². The van der Waals surface area contributed by atoms with Crippen molar-refractivity contribution in [1.29, 1.82) is 0 Å². The van der Waals surface area contributed by atoms with Crippen molar-refractivity contribution in [1.82, 2.24) is 4.90 Å². The molecule has 0 spiro atoms. The van der Waals surface area contributed by atoms with E-state index in [1.165, 1.54) is 5.56 Å². The molecule has 0 unspecified atom stereocenters. The molecular weight excluding hydrogens is 318 g/mol. The van der Waals surface area contributed by atoms with Crippen molar-refractivity contribution in [2.45, 2.75) is 6.54 Å². The van der Waals surface area contributed by atoms with E-state index in [2.05, 4.69) is 57.7 Å². The summed E-state index contributed by atoms with van der Waals surface area (Å²) in [5.41, 5.74) is 4.19. The third-order valence-corrected chi connectivity index (χ3v) is 4.23. The number of allylic oxidation sites excluding steroid dienone is 1. The van der Waals surface area contributed by atoms with Crippen molar-refractivity contribution in [2.24, 2.45) is 10.2 Å². The summed E-state index contributed by atoms with van der Waals surface area (Å²) < 4.78 is 0. The van der Waals surface area contributed by atoms with Crippen LogP contribution in [-0.4, -0.2) is 16.4 Å². The van der Waals surface area contributed by atoms with Crippen LogP contribution in [0.15, 0.2) is 113 Å². The van der Waals surface area contributed by atoms with Gasteiger partial charge < -0.3 is 4.90 Å². The van der Waals surface area contributed by atoms with Crippen LogP contribution < -0.4 is 0 Å². The van der Waals surface area contributed by atoms with Crippen LogP contribution in [0.1, 0.15) is 16.7 Å². The third-order valence-electron chi connectivity index (χ3n) is 4.23. The van der Waals surface area contributed by atoms with Crippen LogP contribution in [-0.2, 0) is 6.54 Å². The highest BCUT2D eigenvalue weighted by molar-refractivity contribution is 6.10. The molecule has 3 aromatic carbocycles. The molecule has 3 heteroatoms. The van der Waals surface area contributed by atoms with E-state index >= 15 is 0 Å². The second kappa shape index (κ2) is 7.62. The van der Waals surface area contributed by atoms with Gasteiger partial charge in [-0.05, 0) is 11.6 Å². The number of hydrogen-bond acceptors (Lipinski definition) is 3. The summed E-state index contributed by atoms with van der Waals surface area (Å²) in [5.74, 6) is 0.844. The predicted molar refractivity (Wildman–Crippen MR) is 107 cm³/mol. The molecular formula is C23H19N3. The standard InChI is InChI=1S/C23H19N3/c1-4-10-19(11-5-1)18-26-17-16-22(20-12-6-2-7-13-20)24-25-23(26)21-14-8-3-9-15-21/h1-17H,18H2. The molecule has 0 amide bonds. The number of hydrogen-bond donors (Lipinski definition) is 0. The predicted octanol–water partition coefficient (Wildman–Crippen LogP) is 4.87. The van der Waals surface area contributed by atoms with Crippen LogP contribution in [0.5, 0.6) is 0 Å². The van der Waals surface area contributed by atoms with E-state index in [1.54, 1.807) is 0 Å². The van der Waals surface area contributed by atoms with Crippen LogP contribution in [0.3, 0.4) is 0 Å². The molecule has 0 fully saturated rings. The Hall–Kier alpha value is -3.46. The maximum absolute atomic E-state index is 4.60. The quantitative estimate of drug-likeness (QED) is 0.668. The molecule has 0 bridgehead atoms. The van der Waals surface area contributed by atoms with E-state index in [9.17, 15) is 0 Å². The molecule has 3 aromatic rings. The normalized spacial score (nSPS) is 13.8. The third kappa shape index (κ3) is 3.62. The highest BCUT2D eigenvalue weighted by atomic mass is 15.3. The van der Waals surface area contributed by atoms with Crippen molar-refractivity contribution in [3.63, 3.8) is 0 Å². The number of benzene rings is 3. The molecule has 1 aliphatic rings. The first-order chi connectivity index (χ1) is 12.9. The molecule has 0 N–H and O–H groups in total. The Morgan fingerprint density at radius 3 is 1.85 bits per heavy atom. The molecule has 4 rings (SSSR count). The SMILES string of the molecule is C1=CN(Cc2ccccc2)C(c2ccccc2)=NN=C1c1ccccc1. The molecule has 0 aromatic heterocycles. The van der Waals surface area contributed by atoms with Gasteiger partial charge in [-0.3, -0.25) is 0 Å². The highest BCUT2D eigenvalue weighted by Crippen LogP contribution is 2.16. The minimum Gasteiger partial charge on any atom is -0.327 e. The Morgan fingerprint density at radius 1 is 0.615 bits per heavy atom. The summed E-state index contributed by atoms with van der Waals surface area (Å²) in [6.45, 7) is 0.739. The van der Waals surface area contributed by atoms with Gasteiger partial charge >= 0.3 is 0 Å². The van der Waals surface area contributed by atoms with Gasteiger partial charge in [0.25, 0.3) is 0 Å². The number of amidine groups is 1. The van der Waals surface area contributed by atoms with Gasteiger partial charge in [0, 0.05) is 23.9 Å². The highest BCUT2D eigenvalue weighted by Gasteiger charge is 2.15. The first-order valence-electron chi connectivity index (χ1n) is 8.65. The second-order valence-corrected chi connectivity index (χ2v) is 6.07. The van der Waals surface area contributed by atoms with Gasteiger partial charge in [0.2, 0.25) is 0 Å². The molecule has 1 heterocycles. The molecule has 0 aliphatic carbocycles. The summed E-state index contributed by atoms with van der Waals surface area (Å²) >= 11 is 0. The van der Waals surface area contributed by atoms with Gasteiger partial charge in [-0.1, -0.05) is 91.0 Å². The molecule has 0 saturated heterocycles. The Bertz CT molecular complexity index is 943. The Morgan fingerprint density at radius 2 is 1.19 bits per heavy atom. The zero-order valence-corrected chi connectivity index (χ0v) is 14.4. The zero-order chi connectivity index (χ0) is 17.6. The molecule has 26 heavy (non-hydrogen) atoms. The largest absolute Gasteiger partial charge is 0.327 e. The van der Waals surface area contributed by atoms with Gasteiger partial charge in [-0.2, -0.15) is 0 Å². The lowest BCUT2D eigenvalue weighted by Gasteiger charge is -2.21. The maximum atomic E-state index is 4.60. The lowest BCUT2D eigenvalue weighted by atomic mass is 10.1. The van der Waals surface area contributed by atoms with Crippen molar-refractivity contribution in [3.8, 4) is 0 Å². The van der Waals surface area contributed by atoms with Gasteiger partial charge in [0.15, 0.2) is 5.84 Å². The first-order valence-corrected chi connectivity index (χ1v) is 8.65. The van der Waals surface area contributed by atoms with Crippen LogP contribution in [0.4, 0.5) is 0 Å². The van der Waals surface area contributed by atoms with Crippen molar-refractivity contribution < 1.29 is 0 Å². The molecule has 0 saturated carbocycles. The lowest BCUT2D eigenvalue weighted by molar-refractivity contribution is 0.553. The Kier molecular flexibility index (Phi) is 4.70. The minimum atomic E-state index is 0.739. The van der Waals surface area contributed by atoms with Gasteiger partial charge in [-0.25, -0.2) is 0 Å². The zero-order valence-electron chi connectivity index (χ0n) is 14.4. The van der Waals surface area contributed by atoms with Crippen molar-refractivity contribution in [3.05, 3.63) is 120 Å². The monoisotopic (exact) mass is 337 g/mol. The number of nitrogens with zero attached hydrogens (tertiary/aromatic N) is 3. The van der Waals surface area contributed by atoms with E-state index in [1.807, 2.05) is 60.7 Å². The van der Waals surface area contributed by atoms with Crippen molar-refractivity contribution in [2.75, 3.05) is 0 Å². The van der Waals surface area contributed by atoms with E-state index < -0.39 is 0 Å². The summed E-state index contributed by atoms with van der Waals surface area (Å²) in [6.07, 6.45) is 4.09. The fourth-order valence-electron chi connectivity index (χ4n) is 2.90. The topological polar surface area (TPSA) is 28.0 Å². The van der Waals surface area contributed by atoms with Crippen LogP contribution in [0.25, 0.3) is 0 Å². The molecule has 0 radical (unpaired) electrons. The maximum Gasteiger partial charge on any atom is 0.162 e. The smallest absolute Gasteiger partial charge is 0.162 e. The van der Waals surface area contributed by atoms with E-state index in [4.69, 9.17) is 0 Å². The molecule has 3 nitrogen and oxygen atoms in total. The summed E-state index contributed by atoms with van der Waals surface area (Å²) in [7, 11) is 0. The van der Waals surface area contributed by atoms with Crippen LogP contribution in [0, 0.1) is 0 Å². The first kappa shape index (κ1) is 16.0. The second-order valence-electron chi connectivity index (χ2n) is 6.07. The summed E-state index contributed by atoms with van der Waals surface area (Å²) in [5, 5.41) is 9.12. The van der Waals surface area contributed by atoms with Crippen molar-refractivity contribution >= 4 is 11.5 Å². The average molecular weight is 337 g/mol. The fourth-order valence-corrected chi connectivity index (χ4v) is 2.90. The molecule has 0 atom stereocenters. The van der Waals surface area contributed by atoms with E-state index in [0.717, 1.165) is 29.2 Å². The van der Waals surface area contributed by atoms with Crippen LogP contribution >= 0.6 is 0 Å². The van der Waals surface area contributed by atoms with Gasteiger partial charge in [0.1, 0.15) is 0 Å². The minimum absolute atomic E-state index is 0.739.